The number of hydrogen-bond acceptors (Lipinski definition) is 3. The van der Waals surface area contributed by atoms with E-state index in [4.69, 9.17) is 17.0 Å². The van der Waals surface area contributed by atoms with E-state index in [1.807, 2.05) is 0 Å². The van der Waals surface area contributed by atoms with Crippen LogP contribution in [-0.4, -0.2) is 17.1 Å². The number of nitrogens with zero attached hydrogens (tertiary/aromatic N) is 1. The van der Waals surface area contributed by atoms with Gasteiger partial charge in [0.2, 0.25) is 0 Å². The van der Waals surface area contributed by atoms with Gasteiger partial charge in [-0.1, -0.05) is 26.1 Å². The number of rotatable bonds is 3. The number of methoxy groups -OCH3 is 1. The number of nitrogens with one attached hydrogen (secondary N) is 1. The average molecular weight is 280 g/mol. The SMILES string of the molecule is CCc1c(C)[nH]c(C2(OC)CCC(C)CC2)nc1=S. The Morgan fingerprint density at radius 2 is 2.05 bits per heavy atom. The molecule has 0 amide bonds. The van der Waals surface area contributed by atoms with Gasteiger partial charge in [0.15, 0.2) is 0 Å². The van der Waals surface area contributed by atoms with Crippen LogP contribution in [0.25, 0.3) is 0 Å². The first-order valence-electron chi connectivity index (χ1n) is 7.18. The summed E-state index contributed by atoms with van der Waals surface area (Å²) in [4.78, 5) is 8.07. The van der Waals surface area contributed by atoms with E-state index < -0.39 is 0 Å². The van der Waals surface area contributed by atoms with E-state index in [-0.39, 0.29) is 5.60 Å². The lowest BCUT2D eigenvalue weighted by Crippen LogP contribution is -2.35. The van der Waals surface area contributed by atoms with Crippen LogP contribution in [0.2, 0.25) is 0 Å². The minimum absolute atomic E-state index is 0.267. The quantitative estimate of drug-likeness (QED) is 0.848. The first-order chi connectivity index (χ1) is 9.02. The molecule has 0 unspecified atom stereocenters. The minimum atomic E-state index is -0.267. The number of hydrogen-bond donors (Lipinski definition) is 1. The summed E-state index contributed by atoms with van der Waals surface area (Å²) in [6.07, 6.45) is 5.34. The Labute approximate surface area is 120 Å². The van der Waals surface area contributed by atoms with E-state index in [9.17, 15) is 0 Å². The normalized spacial score (nSPS) is 27.5. The molecule has 0 saturated heterocycles. The van der Waals surface area contributed by atoms with Crippen molar-refractivity contribution in [2.24, 2.45) is 5.92 Å². The van der Waals surface area contributed by atoms with E-state index in [0.29, 0.717) is 0 Å². The maximum atomic E-state index is 5.86. The molecule has 1 saturated carbocycles. The van der Waals surface area contributed by atoms with Crippen molar-refractivity contribution >= 4 is 12.2 Å². The van der Waals surface area contributed by atoms with Gasteiger partial charge in [-0.2, -0.15) is 0 Å². The van der Waals surface area contributed by atoms with Crippen molar-refractivity contribution in [3.63, 3.8) is 0 Å². The molecule has 0 aliphatic heterocycles. The first kappa shape index (κ1) is 14.7. The van der Waals surface area contributed by atoms with Gasteiger partial charge in [-0.25, -0.2) is 4.98 Å². The molecule has 1 heterocycles. The summed E-state index contributed by atoms with van der Waals surface area (Å²) < 4.78 is 6.58. The summed E-state index contributed by atoms with van der Waals surface area (Å²) in [6, 6.07) is 0. The lowest BCUT2D eigenvalue weighted by molar-refractivity contribution is -0.0599. The fourth-order valence-electron chi connectivity index (χ4n) is 3.01. The van der Waals surface area contributed by atoms with Crippen molar-refractivity contribution in [1.29, 1.82) is 0 Å². The van der Waals surface area contributed by atoms with Gasteiger partial charge in [-0.3, -0.25) is 0 Å². The van der Waals surface area contributed by atoms with Crippen LogP contribution in [0.1, 0.15) is 56.6 Å². The van der Waals surface area contributed by atoms with Gasteiger partial charge >= 0.3 is 0 Å². The second kappa shape index (κ2) is 5.71. The Balaban J connectivity index is 2.42. The molecule has 2 rings (SSSR count). The molecule has 1 fully saturated rings. The number of aryl methyl sites for hydroxylation is 1. The molecule has 1 aromatic heterocycles. The van der Waals surface area contributed by atoms with Gasteiger partial charge in [0, 0.05) is 18.4 Å². The molecule has 1 aromatic rings. The fourth-order valence-corrected chi connectivity index (χ4v) is 3.40. The van der Waals surface area contributed by atoms with E-state index in [2.05, 4.69) is 30.7 Å². The summed E-state index contributed by atoms with van der Waals surface area (Å²) in [6.45, 7) is 6.50. The van der Waals surface area contributed by atoms with Crippen LogP contribution in [0.3, 0.4) is 0 Å². The summed E-state index contributed by atoms with van der Waals surface area (Å²) in [5, 5.41) is 0. The molecule has 1 aliphatic rings. The van der Waals surface area contributed by atoms with Crippen molar-refractivity contribution < 1.29 is 4.74 Å². The topological polar surface area (TPSA) is 37.9 Å². The second-order valence-electron chi connectivity index (χ2n) is 5.73. The van der Waals surface area contributed by atoms with Crippen LogP contribution >= 0.6 is 12.2 Å². The van der Waals surface area contributed by atoms with Gasteiger partial charge < -0.3 is 9.72 Å². The van der Waals surface area contributed by atoms with Crippen LogP contribution in [0.5, 0.6) is 0 Å². The van der Waals surface area contributed by atoms with Gasteiger partial charge in [-0.15, -0.1) is 0 Å². The van der Waals surface area contributed by atoms with E-state index >= 15 is 0 Å². The first-order valence-corrected chi connectivity index (χ1v) is 7.58. The molecular formula is C15H24N2OS. The summed E-state index contributed by atoms with van der Waals surface area (Å²) in [5.41, 5.74) is 2.01. The Bertz CT molecular complexity index is 501. The Kier molecular flexibility index (Phi) is 4.41. The van der Waals surface area contributed by atoms with Crippen LogP contribution < -0.4 is 0 Å². The third kappa shape index (κ3) is 2.75. The van der Waals surface area contributed by atoms with Gasteiger partial charge in [-0.05, 0) is 44.9 Å². The van der Waals surface area contributed by atoms with E-state index in [0.717, 1.165) is 46.9 Å². The number of ether oxygens (including phenoxy) is 1. The maximum absolute atomic E-state index is 5.86. The molecule has 4 heteroatoms. The number of aromatic amines is 1. The molecule has 0 spiro atoms. The highest BCUT2D eigenvalue weighted by Crippen LogP contribution is 2.40. The molecule has 1 N–H and O–H groups in total. The number of aromatic nitrogens is 2. The molecule has 106 valence electrons. The van der Waals surface area contributed by atoms with Crippen LogP contribution in [0, 0.1) is 17.5 Å². The molecular weight excluding hydrogens is 256 g/mol. The van der Waals surface area contributed by atoms with Gasteiger partial charge in [0.1, 0.15) is 16.1 Å². The monoisotopic (exact) mass is 280 g/mol. The second-order valence-corrected chi connectivity index (χ2v) is 6.12. The minimum Gasteiger partial charge on any atom is -0.370 e. The predicted molar refractivity (Wildman–Crippen MR) is 79.9 cm³/mol. The molecule has 19 heavy (non-hydrogen) atoms. The third-order valence-corrected chi connectivity index (χ3v) is 4.83. The maximum Gasteiger partial charge on any atom is 0.140 e. The highest BCUT2D eigenvalue weighted by atomic mass is 32.1. The molecule has 0 atom stereocenters. The van der Waals surface area contributed by atoms with Crippen LogP contribution in [0.15, 0.2) is 0 Å². The van der Waals surface area contributed by atoms with E-state index in [1.165, 1.54) is 12.8 Å². The highest BCUT2D eigenvalue weighted by Gasteiger charge is 2.38. The highest BCUT2D eigenvalue weighted by molar-refractivity contribution is 7.71. The van der Waals surface area contributed by atoms with Crippen molar-refractivity contribution in [2.75, 3.05) is 7.11 Å². The molecule has 3 nitrogen and oxygen atoms in total. The summed E-state index contributed by atoms with van der Waals surface area (Å²) >= 11 is 5.43. The Hall–Kier alpha value is -0.740. The third-order valence-electron chi connectivity index (χ3n) is 4.49. The van der Waals surface area contributed by atoms with Crippen LogP contribution in [-0.2, 0) is 16.8 Å². The van der Waals surface area contributed by atoms with Crippen molar-refractivity contribution in [2.45, 2.75) is 58.5 Å². The standard InChI is InChI=1S/C15H24N2OS/c1-5-12-11(3)16-14(17-13(12)19)15(18-4)8-6-10(2)7-9-15/h10H,5-9H2,1-4H3,(H,16,17,19). The molecule has 0 radical (unpaired) electrons. The van der Waals surface area contributed by atoms with Crippen molar-refractivity contribution in [3.8, 4) is 0 Å². The van der Waals surface area contributed by atoms with Gasteiger partial charge in [0.25, 0.3) is 0 Å². The predicted octanol–water partition coefficient (Wildman–Crippen LogP) is 4.06. The molecule has 0 bridgehead atoms. The van der Waals surface area contributed by atoms with Crippen molar-refractivity contribution in [1.82, 2.24) is 9.97 Å². The van der Waals surface area contributed by atoms with Crippen LogP contribution in [0.4, 0.5) is 0 Å². The number of H-pyrrole nitrogens is 1. The smallest absolute Gasteiger partial charge is 0.140 e. The lowest BCUT2D eigenvalue weighted by atomic mass is 9.79. The molecule has 0 aromatic carbocycles. The summed E-state index contributed by atoms with van der Waals surface area (Å²) in [5.74, 6) is 1.70. The Morgan fingerprint density at radius 1 is 1.42 bits per heavy atom. The van der Waals surface area contributed by atoms with Crippen molar-refractivity contribution in [3.05, 3.63) is 21.7 Å². The zero-order valence-corrected chi connectivity index (χ0v) is 13.2. The lowest BCUT2D eigenvalue weighted by Gasteiger charge is -2.37. The fraction of sp³-hybridized carbons (Fsp3) is 0.733. The Morgan fingerprint density at radius 3 is 2.53 bits per heavy atom. The summed E-state index contributed by atoms with van der Waals surface area (Å²) in [7, 11) is 1.79. The zero-order valence-electron chi connectivity index (χ0n) is 12.4. The van der Waals surface area contributed by atoms with Gasteiger partial charge in [0.05, 0.1) is 0 Å². The largest absolute Gasteiger partial charge is 0.370 e. The zero-order chi connectivity index (χ0) is 14.0. The molecule has 1 aliphatic carbocycles. The van der Waals surface area contributed by atoms with E-state index in [1.54, 1.807) is 7.11 Å². The average Bonchev–Trinajstić information content (AvgIpc) is 2.39.